The van der Waals surface area contributed by atoms with E-state index >= 15 is 0 Å². The molecule has 1 aliphatic carbocycles. The van der Waals surface area contributed by atoms with Crippen molar-refractivity contribution < 1.29 is 4.74 Å². The summed E-state index contributed by atoms with van der Waals surface area (Å²) < 4.78 is 5.47. The molecule has 0 unspecified atom stereocenters. The van der Waals surface area contributed by atoms with Crippen molar-refractivity contribution in [3.05, 3.63) is 23.5 Å². The molecule has 0 aromatic heterocycles. The van der Waals surface area contributed by atoms with Gasteiger partial charge < -0.3 is 4.74 Å². The van der Waals surface area contributed by atoms with E-state index < -0.39 is 0 Å². The summed E-state index contributed by atoms with van der Waals surface area (Å²) >= 11 is 0. The van der Waals surface area contributed by atoms with Crippen molar-refractivity contribution >= 4 is 0 Å². The summed E-state index contributed by atoms with van der Waals surface area (Å²) in [5.41, 5.74) is 1.44. The van der Waals surface area contributed by atoms with Gasteiger partial charge in [-0.15, -0.1) is 0 Å². The molecule has 0 aromatic rings. The molecule has 1 nitrogen and oxygen atoms in total. The summed E-state index contributed by atoms with van der Waals surface area (Å²) in [5, 5.41) is 0. The summed E-state index contributed by atoms with van der Waals surface area (Å²) in [6.45, 7) is 0.884. The Morgan fingerprint density at radius 3 is 3.10 bits per heavy atom. The van der Waals surface area contributed by atoms with Gasteiger partial charge in [0.2, 0.25) is 0 Å². The van der Waals surface area contributed by atoms with Gasteiger partial charge in [0.15, 0.2) is 0 Å². The average Bonchev–Trinajstić information content (AvgIpc) is 2.05. The quantitative estimate of drug-likeness (QED) is 0.497. The van der Waals surface area contributed by atoms with E-state index in [0.29, 0.717) is 0 Å². The molecule has 2 aliphatic rings. The number of allylic oxidation sites excluding steroid dienone is 2. The molecule has 0 atom stereocenters. The lowest BCUT2D eigenvalue weighted by molar-refractivity contribution is 0.209. The van der Waals surface area contributed by atoms with Gasteiger partial charge in [0, 0.05) is 6.42 Å². The van der Waals surface area contributed by atoms with Gasteiger partial charge in [-0.3, -0.25) is 0 Å². The van der Waals surface area contributed by atoms with Crippen LogP contribution in [0.15, 0.2) is 23.5 Å². The van der Waals surface area contributed by atoms with Crippen LogP contribution in [0.25, 0.3) is 0 Å². The second-order valence-corrected chi connectivity index (χ2v) is 2.83. The molecule has 0 saturated carbocycles. The van der Waals surface area contributed by atoms with Crippen molar-refractivity contribution in [3.63, 3.8) is 0 Å². The monoisotopic (exact) mass is 136 g/mol. The highest BCUT2D eigenvalue weighted by Gasteiger charge is 2.13. The lowest BCUT2D eigenvalue weighted by atomic mass is 9.98. The van der Waals surface area contributed by atoms with Gasteiger partial charge in [-0.05, 0) is 30.9 Å². The molecule has 10 heavy (non-hydrogen) atoms. The minimum atomic E-state index is 0.884. The van der Waals surface area contributed by atoms with Crippen LogP contribution in [0.2, 0.25) is 0 Å². The number of ether oxygens (including phenoxy) is 1. The molecule has 0 radical (unpaired) electrons. The van der Waals surface area contributed by atoms with Gasteiger partial charge in [0.05, 0.1) is 6.61 Å². The Morgan fingerprint density at radius 2 is 2.20 bits per heavy atom. The molecule has 1 aliphatic heterocycles. The molecular weight excluding hydrogens is 124 g/mol. The van der Waals surface area contributed by atoms with Crippen molar-refractivity contribution in [2.24, 2.45) is 0 Å². The van der Waals surface area contributed by atoms with Gasteiger partial charge in [-0.25, -0.2) is 0 Å². The van der Waals surface area contributed by atoms with Crippen molar-refractivity contribution in [2.75, 3.05) is 6.61 Å². The second kappa shape index (κ2) is 2.49. The van der Waals surface area contributed by atoms with E-state index in [-0.39, 0.29) is 0 Å². The molecule has 0 N–H and O–H groups in total. The fraction of sp³-hybridized carbons (Fsp3) is 0.556. The highest BCUT2D eigenvalue weighted by Crippen LogP contribution is 2.27. The zero-order chi connectivity index (χ0) is 6.81. The summed E-state index contributed by atoms with van der Waals surface area (Å²) in [6.07, 6.45) is 9.37. The first kappa shape index (κ1) is 6.02. The number of rotatable bonds is 0. The Balaban J connectivity index is 2.25. The van der Waals surface area contributed by atoms with E-state index in [9.17, 15) is 0 Å². The normalized spacial score (nSPS) is 24.0. The van der Waals surface area contributed by atoms with Gasteiger partial charge in [0.1, 0.15) is 5.76 Å². The van der Waals surface area contributed by atoms with Crippen molar-refractivity contribution in [3.8, 4) is 0 Å². The number of fused-ring (bicyclic) bond motifs is 1. The van der Waals surface area contributed by atoms with Crippen LogP contribution in [-0.2, 0) is 4.74 Å². The zero-order valence-corrected chi connectivity index (χ0v) is 6.10. The minimum absolute atomic E-state index is 0.884. The molecule has 0 amide bonds. The largest absolute Gasteiger partial charge is 0.493 e. The Bertz CT molecular complexity index is 167. The van der Waals surface area contributed by atoms with E-state index in [1.54, 1.807) is 0 Å². The van der Waals surface area contributed by atoms with Crippen LogP contribution >= 0.6 is 0 Å². The van der Waals surface area contributed by atoms with Crippen LogP contribution in [0.5, 0.6) is 0 Å². The predicted molar refractivity (Wildman–Crippen MR) is 40.6 cm³/mol. The van der Waals surface area contributed by atoms with E-state index in [2.05, 4.69) is 12.2 Å². The highest BCUT2D eigenvalue weighted by molar-refractivity contribution is 5.29. The fourth-order valence-corrected chi connectivity index (χ4v) is 1.54. The molecule has 1 heteroatoms. The number of hydrogen-bond donors (Lipinski definition) is 0. The molecule has 54 valence electrons. The first-order valence-corrected chi connectivity index (χ1v) is 3.99. The lowest BCUT2D eigenvalue weighted by Gasteiger charge is -2.21. The van der Waals surface area contributed by atoms with Crippen LogP contribution < -0.4 is 0 Å². The maximum Gasteiger partial charge on any atom is 0.118 e. The van der Waals surface area contributed by atoms with E-state index in [4.69, 9.17) is 4.74 Å². The molecule has 0 aromatic carbocycles. The number of hydrogen-bond acceptors (Lipinski definition) is 1. The summed E-state index contributed by atoms with van der Waals surface area (Å²) in [5.74, 6) is 1.16. The third-order valence-corrected chi connectivity index (χ3v) is 2.06. The molecular formula is C9H12O. The van der Waals surface area contributed by atoms with E-state index in [1.807, 2.05) is 0 Å². The van der Waals surface area contributed by atoms with Gasteiger partial charge >= 0.3 is 0 Å². The van der Waals surface area contributed by atoms with E-state index in [1.165, 1.54) is 24.8 Å². The first-order chi connectivity index (χ1) is 4.97. The molecule has 0 bridgehead atoms. The third kappa shape index (κ3) is 0.962. The summed E-state index contributed by atoms with van der Waals surface area (Å²) in [4.78, 5) is 0. The van der Waals surface area contributed by atoms with Crippen LogP contribution in [0, 0.1) is 0 Å². The van der Waals surface area contributed by atoms with Crippen LogP contribution in [0.3, 0.4) is 0 Å². The average molecular weight is 136 g/mol. The zero-order valence-electron chi connectivity index (χ0n) is 6.10. The Kier molecular flexibility index (Phi) is 1.50. The maximum atomic E-state index is 5.47. The first-order valence-electron chi connectivity index (χ1n) is 3.99. The van der Waals surface area contributed by atoms with Gasteiger partial charge in [-0.1, -0.05) is 6.08 Å². The SMILES string of the molecule is C1=C2CCCC=C2OCC1. The summed E-state index contributed by atoms with van der Waals surface area (Å²) in [6, 6.07) is 0. The highest BCUT2D eigenvalue weighted by atomic mass is 16.5. The lowest BCUT2D eigenvalue weighted by Crippen LogP contribution is -2.07. The molecule has 0 fully saturated rings. The van der Waals surface area contributed by atoms with Crippen molar-refractivity contribution in [1.29, 1.82) is 0 Å². The molecule has 0 spiro atoms. The Hall–Kier alpha value is -0.720. The smallest absolute Gasteiger partial charge is 0.118 e. The molecule has 0 saturated heterocycles. The molecule has 2 rings (SSSR count). The minimum Gasteiger partial charge on any atom is -0.493 e. The standard InChI is InChI=1S/C9H12O/c1-2-6-9-8(4-1)5-3-7-10-9/h5-6H,1-4,7H2. The van der Waals surface area contributed by atoms with Gasteiger partial charge in [0.25, 0.3) is 0 Å². The van der Waals surface area contributed by atoms with Crippen LogP contribution in [-0.4, -0.2) is 6.61 Å². The summed E-state index contributed by atoms with van der Waals surface area (Å²) in [7, 11) is 0. The van der Waals surface area contributed by atoms with Crippen molar-refractivity contribution in [2.45, 2.75) is 25.7 Å². The van der Waals surface area contributed by atoms with Crippen LogP contribution in [0.4, 0.5) is 0 Å². The molecule has 1 heterocycles. The Morgan fingerprint density at radius 1 is 1.20 bits per heavy atom. The van der Waals surface area contributed by atoms with Gasteiger partial charge in [-0.2, -0.15) is 0 Å². The van der Waals surface area contributed by atoms with Crippen molar-refractivity contribution in [1.82, 2.24) is 0 Å². The van der Waals surface area contributed by atoms with Crippen LogP contribution in [0.1, 0.15) is 25.7 Å². The second-order valence-electron chi connectivity index (χ2n) is 2.83. The Labute approximate surface area is 61.4 Å². The maximum absolute atomic E-state index is 5.47. The third-order valence-electron chi connectivity index (χ3n) is 2.06. The fourth-order valence-electron chi connectivity index (χ4n) is 1.54. The topological polar surface area (TPSA) is 9.23 Å². The predicted octanol–water partition coefficient (Wildman–Crippen LogP) is 2.40. The van der Waals surface area contributed by atoms with E-state index in [0.717, 1.165) is 18.8 Å².